The van der Waals surface area contributed by atoms with Gasteiger partial charge in [0.25, 0.3) is 0 Å². The summed E-state index contributed by atoms with van der Waals surface area (Å²) in [5.41, 5.74) is 3.16. The van der Waals surface area contributed by atoms with Crippen molar-refractivity contribution in [2.75, 3.05) is 7.11 Å². The van der Waals surface area contributed by atoms with Crippen LogP contribution in [-0.2, 0) is 25.7 Å². The summed E-state index contributed by atoms with van der Waals surface area (Å²) >= 11 is 0. The van der Waals surface area contributed by atoms with Crippen molar-refractivity contribution < 1.29 is 19.1 Å². The molecule has 1 heterocycles. The van der Waals surface area contributed by atoms with Crippen LogP contribution in [-0.4, -0.2) is 25.1 Å². The molecule has 0 amide bonds. The predicted molar refractivity (Wildman–Crippen MR) is 98.6 cm³/mol. The average Bonchev–Trinajstić information content (AvgIpc) is 2.68. The van der Waals surface area contributed by atoms with Crippen LogP contribution in [0.4, 0.5) is 5.69 Å². The number of aliphatic imine (C=N–C) groups is 1. The van der Waals surface area contributed by atoms with Crippen LogP contribution < -0.4 is 0 Å². The van der Waals surface area contributed by atoms with Crippen LogP contribution in [0.3, 0.4) is 0 Å². The summed E-state index contributed by atoms with van der Waals surface area (Å²) in [6.07, 6.45) is 1.19. The fourth-order valence-electron chi connectivity index (χ4n) is 3.08. The van der Waals surface area contributed by atoms with Gasteiger partial charge in [-0.3, -0.25) is 14.6 Å². The maximum atomic E-state index is 12.4. The van der Waals surface area contributed by atoms with E-state index in [1.807, 2.05) is 55.5 Å². The van der Waals surface area contributed by atoms with Crippen LogP contribution in [0.15, 0.2) is 53.5 Å². The summed E-state index contributed by atoms with van der Waals surface area (Å²) in [5.74, 6) is -0.863. The Morgan fingerprint density at radius 1 is 1.19 bits per heavy atom. The molecule has 0 N–H and O–H groups in total. The van der Waals surface area contributed by atoms with Gasteiger partial charge < -0.3 is 9.47 Å². The fourth-order valence-corrected chi connectivity index (χ4v) is 3.08. The SMILES string of the molecule is CCC(C(=O)OC)c1ccc2c(c1)C(OCc1ccccc1)C(=O)C=N2. The van der Waals surface area contributed by atoms with Crippen molar-refractivity contribution >= 4 is 23.7 Å². The quantitative estimate of drug-likeness (QED) is 0.741. The number of benzene rings is 2. The number of esters is 1. The number of Topliss-reactive ketones (excluding diaryl/α,β-unsaturated/α-hetero) is 1. The number of carbonyl (C=O) groups is 2. The summed E-state index contributed by atoms with van der Waals surface area (Å²) < 4.78 is 10.8. The minimum absolute atomic E-state index is 0.198. The maximum absolute atomic E-state index is 12.4. The Bertz CT molecular complexity index is 829. The third-order valence-corrected chi connectivity index (χ3v) is 4.48. The lowest BCUT2D eigenvalue weighted by Crippen LogP contribution is -2.21. The largest absolute Gasteiger partial charge is 0.469 e. The van der Waals surface area contributed by atoms with E-state index in [0.717, 1.165) is 11.1 Å². The van der Waals surface area contributed by atoms with E-state index in [1.165, 1.54) is 13.3 Å². The number of methoxy groups -OCH3 is 1. The predicted octanol–water partition coefficient (Wildman–Crippen LogP) is 3.90. The van der Waals surface area contributed by atoms with Crippen molar-refractivity contribution in [3.63, 3.8) is 0 Å². The normalized spacial score (nSPS) is 16.8. The molecule has 0 radical (unpaired) electrons. The van der Waals surface area contributed by atoms with Crippen LogP contribution >= 0.6 is 0 Å². The summed E-state index contributed by atoms with van der Waals surface area (Å²) in [7, 11) is 1.38. The molecule has 2 aromatic carbocycles. The van der Waals surface area contributed by atoms with Gasteiger partial charge in [-0.15, -0.1) is 0 Å². The number of ketones is 1. The van der Waals surface area contributed by atoms with Gasteiger partial charge in [0, 0.05) is 5.56 Å². The molecule has 2 unspecified atom stereocenters. The Morgan fingerprint density at radius 2 is 1.96 bits per heavy atom. The summed E-state index contributed by atoms with van der Waals surface area (Å²) in [6.45, 7) is 2.25. The standard InChI is InChI=1S/C21H21NO4/c1-3-16(21(24)25-2)15-9-10-18-17(11-15)20(19(23)12-22-18)26-13-14-7-5-4-6-8-14/h4-12,16,20H,3,13H2,1-2H3. The number of hydrogen-bond acceptors (Lipinski definition) is 5. The van der Waals surface area contributed by atoms with E-state index in [0.29, 0.717) is 24.3 Å². The third kappa shape index (κ3) is 3.73. The van der Waals surface area contributed by atoms with Gasteiger partial charge in [-0.1, -0.05) is 43.3 Å². The fraction of sp³-hybridized carbons (Fsp3) is 0.286. The van der Waals surface area contributed by atoms with Crippen molar-refractivity contribution in [2.45, 2.75) is 32.0 Å². The average molecular weight is 351 g/mol. The monoisotopic (exact) mass is 351 g/mol. The highest BCUT2D eigenvalue weighted by molar-refractivity contribution is 6.31. The molecule has 26 heavy (non-hydrogen) atoms. The van der Waals surface area contributed by atoms with Crippen LogP contribution in [0, 0.1) is 0 Å². The number of hydrogen-bond donors (Lipinski definition) is 0. The molecule has 0 spiro atoms. The minimum Gasteiger partial charge on any atom is -0.469 e. The van der Waals surface area contributed by atoms with Gasteiger partial charge in [-0.25, -0.2) is 0 Å². The van der Waals surface area contributed by atoms with Crippen LogP contribution in [0.2, 0.25) is 0 Å². The lowest BCUT2D eigenvalue weighted by molar-refractivity contribution is -0.142. The van der Waals surface area contributed by atoms with Crippen molar-refractivity contribution in [1.29, 1.82) is 0 Å². The molecule has 0 saturated heterocycles. The molecule has 2 atom stereocenters. The first-order valence-electron chi connectivity index (χ1n) is 8.59. The number of rotatable bonds is 6. The van der Waals surface area contributed by atoms with E-state index in [-0.39, 0.29) is 17.7 Å². The first-order valence-corrected chi connectivity index (χ1v) is 8.59. The molecule has 1 aliphatic heterocycles. The summed E-state index contributed by atoms with van der Waals surface area (Å²) in [4.78, 5) is 28.6. The lowest BCUT2D eigenvalue weighted by Gasteiger charge is -2.22. The van der Waals surface area contributed by atoms with Crippen molar-refractivity contribution in [1.82, 2.24) is 0 Å². The highest BCUT2D eigenvalue weighted by Gasteiger charge is 2.28. The lowest BCUT2D eigenvalue weighted by atomic mass is 9.91. The molecule has 5 nitrogen and oxygen atoms in total. The van der Waals surface area contributed by atoms with Crippen molar-refractivity contribution in [3.05, 3.63) is 65.2 Å². The molecule has 0 saturated carbocycles. The van der Waals surface area contributed by atoms with E-state index in [1.54, 1.807) is 0 Å². The van der Waals surface area contributed by atoms with Crippen LogP contribution in [0.5, 0.6) is 0 Å². The Kier molecular flexibility index (Phi) is 5.58. The van der Waals surface area contributed by atoms with Gasteiger partial charge in [0.15, 0.2) is 0 Å². The third-order valence-electron chi connectivity index (χ3n) is 4.48. The van der Waals surface area contributed by atoms with Crippen molar-refractivity contribution in [3.8, 4) is 0 Å². The second-order valence-electron chi connectivity index (χ2n) is 6.14. The molecule has 2 aromatic rings. The molecule has 1 aliphatic rings. The molecular weight excluding hydrogens is 330 g/mol. The Balaban J connectivity index is 1.89. The first-order chi connectivity index (χ1) is 12.6. The van der Waals surface area contributed by atoms with Gasteiger partial charge in [0.1, 0.15) is 6.10 Å². The maximum Gasteiger partial charge on any atom is 0.313 e. The first kappa shape index (κ1) is 18.0. The Hall–Kier alpha value is -2.79. The van der Waals surface area contributed by atoms with Crippen LogP contribution in [0.1, 0.15) is 42.1 Å². The summed E-state index contributed by atoms with van der Waals surface area (Å²) in [5, 5.41) is 0. The topological polar surface area (TPSA) is 65.0 Å². The molecule has 3 rings (SSSR count). The van der Waals surface area contributed by atoms with E-state index in [4.69, 9.17) is 9.47 Å². The van der Waals surface area contributed by atoms with E-state index >= 15 is 0 Å². The van der Waals surface area contributed by atoms with Crippen molar-refractivity contribution in [2.24, 2.45) is 4.99 Å². The number of carbonyl (C=O) groups excluding carboxylic acids is 2. The molecule has 0 aliphatic carbocycles. The number of ether oxygens (including phenoxy) is 2. The minimum atomic E-state index is -0.724. The van der Waals surface area contributed by atoms with Gasteiger partial charge in [0.05, 0.1) is 31.5 Å². The number of nitrogens with zero attached hydrogens (tertiary/aromatic N) is 1. The summed E-state index contributed by atoms with van der Waals surface area (Å²) in [6, 6.07) is 15.2. The highest BCUT2D eigenvalue weighted by Crippen LogP contribution is 2.35. The Morgan fingerprint density at radius 3 is 2.65 bits per heavy atom. The second-order valence-corrected chi connectivity index (χ2v) is 6.14. The Labute approximate surface area is 152 Å². The smallest absolute Gasteiger partial charge is 0.313 e. The van der Waals surface area contributed by atoms with E-state index < -0.39 is 6.10 Å². The molecule has 0 bridgehead atoms. The molecular formula is C21H21NO4. The zero-order valence-electron chi connectivity index (χ0n) is 14.8. The second kappa shape index (κ2) is 8.06. The zero-order valence-corrected chi connectivity index (χ0v) is 14.8. The van der Waals surface area contributed by atoms with Gasteiger partial charge in [0.2, 0.25) is 5.78 Å². The highest BCUT2D eigenvalue weighted by atomic mass is 16.5. The number of fused-ring (bicyclic) bond motifs is 1. The molecule has 0 aromatic heterocycles. The van der Waals surface area contributed by atoms with Gasteiger partial charge in [-0.2, -0.15) is 0 Å². The molecule has 0 fully saturated rings. The zero-order chi connectivity index (χ0) is 18.5. The molecule has 134 valence electrons. The van der Waals surface area contributed by atoms with Gasteiger partial charge in [-0.05, 0) is 29.7 Å². The van der Waals surface area contributed by atoms with E-state index in [9.17, 15) is 9.59 Å². The molecule has 5 heteroatoms. The van der Waals surface area contributed by atoms with Crippen LogP contribution in [0.25, 0.3) is 0 Å². The van der Waals surface area contributed by atoms with E-state index in [2.05, 4.69) is 4.99 Å². The van der Waals surface area contributed by atoms with Gasteiger partial charge >= 0.3 is 5.97 Å².